The maximum absolute atomic E-state index is 11.3. The molecule has 17 heavy (non-hydrogen) atoms. The summed E-state index contributed by atoms with van der Waals surface area (Å²) in [5, 5.41) is 3.31. The van der Waals surface area contributed by atoms with E-state index in [-0.39, 0.29) is 12.5 Å². The summed E-state index contributed by atoms with van der Waals surface area (Å²) in [5.41, 5.74) is 5.58. The Morgan fingerprint density at radius 3 is 2.82 bits per heavy atom. The number of carbonyl (C=O) groups excluding carboxylic acids is 2. The van der Waals surface area contributed by atoms with Crippen LogP contribution in [0.3, 0.4) is 0 Å². The second-order valence-corrected chi connectivity index (χ2v) is 4.06. The molecule has 1 aromatic carbocycles. The van der Waals surface area contributed by atoms with Crippen LogP contribution in [0.15, 0.2) is 24.3 Å². The smallest absolute Gasteiger partial charge is 0.255 e. The van der Waals surface area contributed by atoms with E-state index in [1.807, 2.05) is 0 Å². The van der Waals surface area contributed by atoms with Crippen molar-refractivity contribution in [3.8, 4) is 5.75 Å². The highest BCUT2D eigenvalue weighted by Gasteiger charge is 2.03. The van der Waals surface area contributed by atoms with Crippen molar-refractivity contribution in [2.75, 3.05) is 17.3 Å². The van der Waals surface area contributed by atoms with E-state index in [0.29, 0.717) is 23.2 Å². The van der Waals surface area contributed by atoms with Gasteiger partial charge in [0.25, 0.3) is 5.91 Å². The molecule has 0 atom stereocenters. The second-order valence-electron chi connectivity index (χ2n) is 3.27. The van der Waals surface area contributed by atoms with E-state index >= 15 is 0 Å². The molecule has 0 radical (unpaired) electrons. The topological polar surface area (TPSA) is 81.4 Å². The molecular formula is C11H13BrN2O3. The highest BCUT2D eigenvalue weighted by molar-refractivity contribution is 9.09. The molecule has 92 valence electrons. The molecule has 0 unspecified atom stereocenters. The quantitative estimate of drug-likeness (QED) is 0.776. The summed E-state index contributed by atoms with van der Waals surface area (Å²) < 4.78 is 5.11. The zero-order chi connectivity index (χ0) is 12.7. The van der Waals surface area contributed by atoms with Crippen molar-refractivity contribution in [2.45, 2.75) is 6.42 Å². The number of nitrogens with two attached hydrogens (primary N) is 1. The van der Waals surface area contributed by atoms with Crippen molar-refractivity contribution in [1.29, 1.82) is 0 Å². The van der Waals surface area contributed by atoms with Crippen LogP contribution in [0.1, 0.15) is 6.42 Å². The molecule has 5 nitrogen and oxygen atoms in total. The van der Waals surface area contributed by atoms with E-state index < -0.39 is 5.91 Å². The van der Waals surface area contributed by atoms with Crippen molar-refractivity contribution in [2.24, 2.45) is 5.73 Å². The number of anilines is 1. The molecule has 0 aromatic heterocycles. The lowest BCUT2D eigenvalue weighted by atomic mass is 10.3. The number of benzene rings is 1. The number of ether oxygens (including phenoxy) is 1. The Balaban J connectivity index is 2.59. The predicted molar refractivity (Wildman–Crippen MR) is 68.2 cm³/mol. The lowest BCUT2D eigenvalue weighted by Gasteiger charge is -2.07. The van der Waals surface area contributed by atoms with Gasteiger partial charge in [-0.2, -0.15) is 0 Å². The van der Waals surface area contributed by atoms with Crippen molar-refractivity contribution < 1.29 is 14.3 Å². The molecule has 3 N–H and O–H groups in total. The Kier molecular flexibility index (Phi) is 5.48. The Bertz CT molecular complexity index is 409. The molecule has 1 aromatic rings. The third kappa shape index (κ3) is 5.35. The number of hydrogen-bond acceptors (Lipinski definition) is 3. The molecule has 0 fully saturated rings. The largest absolute Gasteiger partial charge is 0.484 e. The summed E-state index contributed by atoms with van der Waals surface area (Å²) in [6.45, 7) is -0.182. The SMILES string of the molecule is NC(=O)COc1cccc(NC(=O)CCBr)c1. The first-order chi connectivity index (χ1) is 8.11. The maximum Gasteiger partial charge on any atom is 0.255 e. The van der Waals surface area contributed by atoms with Crippen LogP contribution in [0.5, 0.6) is 5.75 Å². The average molecular weight is 301 g/mol. The number of amides is 2. The number of hydrogen-bond donors (Lipinski definition) is 2. The summed E-state index contributed by atoms with van der Waals surface area (Å²) in [6, 6.07) is 6.78. The molecule has 0 aliphatic rings. The lowest BCUT2D eigenvalue weighted by Crippen LogP contribution is -2.20. The normalized spacial score (nSPS) is 9.71. The molecular weight excluding hydrogens is 288 g/mol. The van der Waals surface area contributed by atoms with Crippen molar-refractivity contribution in [1.82, 2.24) is 0 Å². The second kappa shape index (κ2) is 6.90. The molecule has 0 saturated carbocycles. The first-order valence-corrected chi connectivity index (χ1v) is 6.11. The number of halogens is 1. The van der Waals surface area contributed by atoms with Crippen LogP contribution < -0.4 is 15.8 Å². The fourth-order valence-electron chi connectivity index (χ4n) is 1.13. The Morgan fingerprint density at radius 1 is 1.41 bits per heavy atom. The molecule has 0 spiro atoms. The minimum absolute atomic E-state index is 0.0890. The average Bonchev–Trinajstić information content (AvgIpc) is 2.27. The van der Waals surface area contributed by atoms with Gasteiger partial charge in [0, 0.05) is 23.5 Å². The van der Waals surface area contributed by atoms with Gasteiger partial charge in [-0.25, -0.2) is 0 Å². The lowest BCUT2D eigenvalue weighted by molar-refractivity contribution is -0.120. The third-order valence-corrected chi connectivity index (χ3v) is 2.22. The summed E-state index contributed by atoms with van der Waals surface area (Å²) in [5.74, 6) is -0.145. The number of carbonyl (C=O) groups is 2. The van der Waals surface area contributed by atoms with Gasteiger partial charge in [-0.05, 0) is 12.1 Å². The van der Waals surface area contributed by atoms with Gasteiger partial charge in [-0.15, -0.1) is 0 Å². The molecule has 0 heterocycles. The zero-order valence-corrected chi connectivity index (χ0v) is 10.7. The van der Waals surface area contributed by atoms with Gasteiger partial charge >= 0.3 is 0 Å². The number of primary amides is 1. The van der Waals surface area contributed by atoms with E-state index in [0.717, 1.165) is 0 Å². The van der Waals surface area contributed by atoms with Crippen LogP contribution in [-0.4, -0.2) is 23.8 Å². The molecule has 2 amide bonds. The minimum Gasteiger partial charge on any atom is -0.484 e. The van der Waals surface area contributed by atoms with Crippen LogP contribution in [-0.2, 0) is 9.59 Å². The molecule has 0 aliphatic carbocycles. The number of alkyl halides is 1. The van der Waals surface area contributed by atoms with E-state index in [2.05, 4.69) is 21.2 Å². The zero-order valence-electron chi connectivity index (χ0n) is 9.11. The van der Waals surface area contributed by atoms with Crippen LogP contribution in [0.25, 0.3) is 0 Å². The summed E-state index contributed by atoms with van der Waals surface area (Å²) >= 11 is 3.18. The minimum atomic E-state index is -0.543. The number of nitrogens with one attached hydrogen (secondary N) is 1. The summed E-state index contributed by atoms with van der Waals surface area (Å²) in [4.78, 5) is 21.9. The van der Waals surface area contributed by atoms with Gasteiger partial charge in [0.1, 0.15) is 5.75 Å². The van der Waals surface area contributed by atoms with Gasteiger partial charge in [0.15, 0.2) is 6.61 Å². The van der Waals surface area contributed by atoms with Gasteiger partial charge in [-0.3, -0.25) is 9.59 Å². The predicted octanol–water partition coefficient (Wildman–Crippen LogP) is 1.27. The molecule has 1 rings (SSSR count). The summed E-state index contributed by atoms with van der Waals surface area (Å²) in [7, 11) is 0. The first kappa shape index (κ1) is 13.5. The fourth-order valence-corrected chi connectivity index (χ4v) is 1.49. The van der Waals surface area contributed by atoms with Crippen molar-refractivity contribution >= 4 is 33.4 Å². The Hall–Kier alpha value is -1.56. The van der Waals surface area contributed by atoms with Crippen LogP contribution in [0.4, 0.5) is 5.69 Å². The number of rotatable bonds is 6. The van der Waals surface area contributed by atoms with Gasteiger partial charge in [-0.1, -0.05) is 22.0 Å². The third-order valence-electron chi connectivity index (χ3n) is 1.82. The Labute approximate surface area is 107 Å². The molecule has 0 bridgehead atoms. The maximum atomic E-state index is 11.3. The van der Waals surface area contributed by atoms with Crippen LogP contribution in [0, 0.1) is 0 Å². The monoisotopic (exact) mass is 300 g/mol. The highest BCUT2D eigenvalue weighted by Crippen LogP contribution is 2.17. The first-order valence-electron chi connectivity index (χ1n) is 4.99. The molecule has 6 heteroatoms. The van der Waals surface area contributed by atoms with Crippen molar-refractivity contribution in [3.05, 3.63) is 24.3 Å². The fraction of sp³-hybridized carbons (Fsp3) is 0.273. The Morgan fingerprint density at radius 2 is 2.18 bits per heavy atom. The van der Waals surface area contributed by atoms with Gasteiger partial charge in [0.05, 0.1) is 0 Å². The standard InChI is InChI=1S/C11H13BrN2O3/c12-5-4-11(16)14-8-2-1-3-9(6-8)17-7-10(13)15/h1-3,6H,4-5,7H2,(H2,13,15)(H,14,16). The van der Waals surface area contributed by atoms with Crippen molar-refractivity contribution in [3.63, 3.8) is 0 Å². The van der Waals surface area contributed by atoms with Crippen LogP contribution >= 0.6 is 15.9 Å². The van der Waals surface area contributed by atoms with E-state index in [1.165, 1.54) is 0 Å². The van der Waals surface area contributed by atoms with Gasteiger partial charge < -0.3 is 15.8 Å². The van der Waals surface area contributed by atoms with Crippen LogP contribution in [0.2, 0.25) is 0 Å². The summed E-state index contributed by atoms with van der Waals surface area (Å²) in [6.07, 6.45) is 0.395. The van der Waals surface area contributed by atoms with Gasteiger partial charge in [0.2, 0.25) is 5.91 Å². The van der Waals surface area contributed by atoms with E-state index in [1.54, 1.807) is 24.3 Å². The molecule has 0 aliphatic heterocycles. The van der Waals surface area contributed by atoms with E-state index in [4.69, 9.17) is 10.5 Å². The highest BCUT2D eigenvalue weighted by atomic mass is 79.9. The van der Waals surface area contributed by atoms with E-state index in [9.17, 15) is 9.59 Å². The molecule has 0 saturated heterocycles.